The zero-order valence-electron chi connectivity index (χ0n) is 47.5. The van der Waals surface area contributed by atoms with Crippen molar-refractivity contribution in [3.63, 3.8) is 0 Å². The van der Waals surface area contributed by atoms with Gasteiger partial charge in [-0.15, -0.1) is 0 Å². The van der Waals surface area contributed by atoms with E-state index in [1.807, 2.05) is 0 Å². The largest absolute Gasteiger partial charge is 0.462 e. The molecule has 0 aliphatic carbocycles. The second-order valence-corrected chi connectivity index (χ2v) is 21.0. The van der Waals surface area contributed by atoms with E-state index in [0.29, 0.717) is 19.3 Å². The van der Waals surface area contributed by atoms with Crippen LogP contribution >= 0.6 is 0 Å². The summed E-state index contributed by atoms with van der Waals surface area (Å²) >= 11 is 0. The zero-order chi connectivity index (χ0) is 51.4. The maximum Gasteiger partial charge on any atom is 0.306 e. The summed E-state index contributed by atoms with van der Waals surface area (Å²) in [7, 11) is 0. The van der Waals surface area contributed by atoms with Gasteiger partial charge in [0.05, 0.1) is 0 Å². The number of ether oxygens (including phenoxy) is 3. The molecule has 0 spiro atoms. The number of hydrogen-bond donors (Lipinski definition) is 0. The second kappa shape index (κ2) is 59.9. The predicted octanol–water partition coefficient (Wildman–Crippen LogP) is 21.0. The Hall–Kier alpha value is -2.63. The molecule has 0 rings (SSSR count). The summed E-state index contributed by atoms with van der Waals surface area (Å²) in [4.78, 5) is 38.2. The molecule has 0 aliphatic rings. The average molecular weight is 996 g/mol. The third-order valence-electron chi connectivity index (χ3n) is 13.8. The van der Waals surface area contributed by atoms with Gasteiger partial charge in [0.2, 0.25) is 0 Å². The minimum Gasteiger partial charge on any atom is -0.462 e. The van der Waals surface area contributed by atoms with Gasteiger partial charge in [-0.1, -0.05) is 281 Å². The molecule has 6 nitrogen and oxygen atoms in total. The Balaban J connectivity index is 4.24. The molecule has 0 heterocycles. The molecule has 6 heteroatoms. The molecular formula is C65H118O6. The summed E-state index contributed by atoms with van der Waals surface area (Å²) in [5.41, 5.74) is 0. The summed E-state index contributed by atoms with van der Waals surface area (Å²) in [6, 6.07) is 0. The van der Waals surface area contributed by atoms with E-state index in [-0.39, 0.29) is 31.1 Å². The number of rotatable bonds is 57. The topological polar surface area (TPSA) is 78.9 Å². The van der Waals surface area contributed by atoms with E-state index in [4.69, 9.17) is 14.2 Å². The van der Waals surface area contributed by atoms with Crippen LogP contribution in [0.2, 0.25) is 0 Å². The molecule has 0 bridgehead atoms. The van der Waals surface area contributed by atoms with Gasteiger partial charge < -0.3 is 14.2 Å². The van der Waals surface area contributed by atoms with Crippen LogP contribution in [0.5, 0.6) is 0 Å². The number of allylic oxidation sites excluding steroid dienone is 8. The van der Waals surface area contributed by atoms with E-state index in [0.717, 1.165) is 77.0 Å². The fourth-order valence-electron chi connectivity index (χ4n) is 9.08. The predicted molar refractivity (Wildman–Crippen MR) is 307 cm³/mol. The smallest absolute Gasteiger partial charge is 0.306 e. The van der Waals surface area contributed by atoms with Gasteiger partial charge in [0, 0.05) is 19.3 Å². The third kappa shape index (κ3) is 58.1. The number of carbonyl (C=O) groups is 3. The van der Waals surface area contributed by atoms with Crippen molar-refractivity contribution in [2.75, 3.05) is 13.2 Å². The Kier molecular flexibility index (Phi) is 57.7. The lowest BCUT2D eigenvalue weighted by molar-refractivity contribution is -0.167. The number of esters is 3. The van der Waals surface area contributed by atoms with Crippen molar-refractivity contribution in [3.8, 4) is 0 Å². The van der Waals surface area contributed by atoms with Gasteiger partial charge in [0.25, 0.3) is 0 Å². The first-order valence-corrected chi connectivity index (χ1v) is 31.1. The fourth-order valence-corrected chi connectivity index (χ4v) is 9.08. The highest BCUT2D eigenvalue weighted by atomic mass is 16.6. The van der Waals surface area contributed by atoms with Crippen LogP contribution in [0.3, 0.4) is 0 Å². The van der Waals surface area contributed by atoms with E-state index >= 15 is 0 Å². The zero-order valence-corrected chi connectivity index (χ0v) is 47.5. The normalized spacial score (nSPS) is 12.3. The van der Waals surface area contributed by atoms with Crippen LogP contribution in [-0.2, 0) is 28.6 Å². The lowest BCUT2D eigenvalue weighted by Crippen LogP contribution is -2.30. The molecule has 0 aromatic rings. The molecule has 0 aromatic heterocycles. The minimum absolute atomic E-state index is 0.0745. The standard InChI is InChI=1S/C65H118O6/c1-4-7-10-13-16-19-22-24-26-28-29-30-31-32-33-34-35-37-38-40-43-46-49-52-55-58-64(67)70-61-62(60-69-63(66)57-54-51-48-45-42-21-18-15-12-9-6-3)71-65(68)59-56-53-50-47-44-41-39-36-27-25-23-20-17-14-11-8-5-2/h15,18,22,24,28-29,31-32,62H,4-14,16-17,19-21,23,25-27,30,33-61H2,1-3H3/b18-15-,24-22-,29-28-,32-31-. The molecule has 0 amide bonds. The Labute approximate surface area is 441 Å². The lowest BCUT2D eigenvalue weighted by Gasteiger charge is -2.18. The molecule has 0 saturated carbocycles. The van der Waals surface area contributed by atoms with E-state index in [2.05, 4.69) is 69.4 Å². The van der Waals surface area contributed by atoms with Crippen molar-refractivity contribution < 1.29 is 28.6 Å². The molecule has 0 aliphatic heterocycles. The quantitative estimate of drug-likeness (QED) is 0.0261. The highest BCUT2D eigenvalue weighted by Gasteiger charge is 2.19. The van der Waals surface area contributed by atoms with E-state index in [1.165, 1.54) is 212 Å². The van der Waals surface area contributed by atoms with E-state index < -0.39 is 6.10 Å². The summed E-state index contributed by atoms with van der Waals surface area (Å²) in [5, 5.41) is 0. The van der Waals surface area contributed by atoms with Gasteiger partial charge in [-0.2, -0.15) is 0 Å². The van der Waals surface area contributed by atoms with Gasteiger partial charge in [-0.25, -0.2) is 0 Å². The molecule has 1 unspecified atom stereocenters. The second-order valence-electron chi connectivity index (χ2n) is 21.0. The van der Waals surface area contributed by atoms with Crippen LogP contribution < -0.4 is 0 Å². The summed E-state index contributed by atoms with van der Waals surface area (Å²) < 4.78 is 16.9. The first kappa shape index (κ1) is 68.4. The molecule has 71 heavy (non-hydrogen) atoms. The van der Waals surface area contributed by atoms with E-state index in [1.54, 1.807) is 0 Å². The average Bonchev–Trinajstić information content (AvgIpc) is 3.37. The molecule has 0 N–H and O–H groups in total. The van der Waals surface area contributed by atoms with Gasteiger partial charge in [-0.05, 0) is 77.0 Å². The fraction of sp³-hybridized carbons (Fsp3) is 0.831. The van der Waals surface area contributed by atoms with E-state index in [9.17, 15) is 14.4 Å². The van der Waals surface area contributed by atoms with Gasteiger partial charge in [0.15, 0.2) is 6.10 Å². The Morgan fingerprint density at radius 3 is 0.845 bits per heavy atom. The van der Waals surface area contributed by atoms with Crippen LogP contribution in [-0.4, -0.2) is 37.2 Å². The maximum absolute atomic E-state index is 12.9. The first-order valence-electron chi connectivity index (χ1n) is 31.1. The van der Waals surface area contributed by atoms with Crippen molar-refractivity contribution in [2.45, 2.75) is 335 Å². The van der Waals surface area contributed by atoms with Crippen LogP contribution in [0.25, 0.3) is 0 Å². The molecule has 0 saturated heterocycles. The molecule has 0 fully saturated rings. The Morgan fingerprint density at radius 2 is 0.521 bits per heavy atom. The van der Waals surface area contributed by atoms with Crippen LogP contribution in [0.15, 0.2) is 48.6 Å². The highest BCUT2D eigenvalue weighted by Crippen LogP contribution is 2.17. The van der Waals surface area contributed by atoms with Crippen LogP contribution in [0.1, 0.15) is 329 Å². The number of unbranched alkanes of at least 4 members (excludes halogenated alkanes) is 38. The van der Waals surface area contributed by atoms with Crippen molar-refractivity contribution in [2.24, 2.45) is 0 Å². The Bertz CT molecular complexity index is 1230. The molecule has 1 atom stereocenters. The third-order valence-corrected chi connectivity index (χ3v) is 13.8. The molecule has 0 radical (unpaired) electrons. The monoisotopic (exact) mass is 995 g/mol. The first-order chi connectivity index (χ1) is 35.0. The number of carbonyl (C=O) groups excluding carboxylic acids is 3. The molecule has 414 valence electrons. The summed E-state index contributed by atoms with van der Waals surface area (Å²) in [6.45, 7) is 6.62. The van der Waals surface area contributed by atoms with Gasteiger partial charge in [0.1, 0.15) is 13.2 Å². The van der Waals surface area contributed by atoms with Crippen molar-refractivity contribution in [1.29, 1.82) is 0 Å². The summed E-state index contributed by atoms with van der Waals surface area (Å²) in [6.07, 6.45) is 74.0. The summed E-state index contributed by atoms with van der Waals surface area (Å²) in [5.74, 6) is -0.870. The lowest BCUT2D eigenvalue weighted by atomic mass is 10.0. The highest BCUT2D eigenvalue weighted by molar-refractivity contribution is 5.71. The van der Waals surface area contributed by atoms with Crippen molar-refractivity contribution in [1.82, 2.24) is 0 Å². The van der Waals surface area contributed by atoms with Crippen molar-refractivity contribution in [3.05, 3.63) is 48.6 Å². The van der Waals surface area contributed by atoms with Gasteiger partial charge >= 0.3 is 17.9 Å². The SMILES string of the molecule is CCCC/C=C\CCCCCCCC(=O)OCC(COC(=O)CCCCCCCCCCCC/C=C\C/C=C\C/C=C\CCCCCCC)OC(=O)CCCCCCCCCCCCCCCCCCC. The van der Waals surface area contributed by atoms with Crippen LogP contribution in [0.4, 0.5) is 0 Å². The van der Waals surface area contributed by atoms with Crippen molar-refractivity contribution >= 4 is 17.9 Å². The molecular weight excluding hydrogens is 877 g/mol. The number of hydrogen-bond acceptors (Lipinski definition) is 6. The Morgan fingerprint density at radius 1 is 0.282 bits per heavy atom. The maximum atomic E-state index is 12.9. The minimum atomic E-state index is -0.775. The van der Waals surface area contributed by atoms with Gasteiger partial charge in [-0.3, -0.25) is 14.4 Å². The molecule has 0 aromatic carbocycles. The van der Waals surface area contributed by atoms with Crippen LogP contribution in [0, 0.1) is 0 Å².